The number of anilines is 1. The van der Waals surface area contributed by atoms with Crippen LogP contribution in [0.2, 0.25) is 5.02 Å². The fourth-order valence-corrected chi connectivity index (χ4v) is 2.77. The Morgan fingerprint density at radius 1 is 1.19 bits per heavy atom. The molecular formula is C20H20ClN3O2. The maximum atomic E-state index is 12.6. The van der Waals surface area contributed by atoms with E-state index in [2.05, 4.69) is 10.4 Å². The normalized spacial score (nSPS) is 10.6. The summed E-state index contributed by atoms with van der Waals surface area (Å²) in [6.07, 6.45) is 0. The maximum Gasteiger partial charge on any atom is 0.255 e. The van der Waals surface area contributed by atoms with Gasteiger partial charge in [0.2, 0.25) is 0 Å². The van der Waals surface area contributed by atoms with Crippen LogP contribution in [-0.4, -0.2) is 15.7 Å². The molecule has 1 amide bonds. The smallest absolute Gasteiger partial charge is 0.255 e. The highest BCUT2D eigenvalue weighted by Gasteiger charge is 2.14. The number of benzene rings is 2. The molecular weight excluding hydrogens is 350 g/mol. The minimum atomic E-state index is -0.169. The van der Waals surface area contributed by atoms with Crippen molar-refractivity contribution < 1.29 is 9.53 Å². The molecule has 3 rings (SSSR count). The summed E-state index contributed by atoms with van der Waals surface area (Å²) in [5.41, 5.74) is 3.94. The summed E-state index contributed by atoms with van der Waals surface area (Å²) in [5, 5.41) is 7.93. The minimum Gasteiger partial charge on any atom is -0.489 e. The molecule has 0 atom stereocenters. The van der Waals surface area contributed by atoms with Crippen LogP contribution >= 0.6 is 11.6 Å². The van der Waals surface area contributed by atoms with Gasteiger partial charge in [0, 0.05) is 17.6 Å². The lowest BCUT2D eigenvalue weighted by atomic mass is 10.1. The zero-order valence-electron chi connectivity index (χ0n) is 14.9. The van der Waals surface area contributed by atoms with Crippen molar-refractivity contribution in [2.24, 2.45) is 7.05 Å². The minimum absolute atomic E-state index is 0.169. The Labute approximate surface area is 157 Å². The van der Waals surface area contributed by atoms with Crippen LogP contribution in [0.25, 0.3) is 0 Å². The van der Waals surface area contributed by atoms with E-state index in [9.17, 15) is 4.79 Å². The zero-order chi connectivity index (χ0) is 18.7. The second kappa shape index (κ2) is 7.62. The second-order valence-corrected chi connectivity index (χ2v) is 6.50. The van der Waals surface area contributed by atoms with Gasteiger partial charge in [-0.15, -0.1) is 0 Å². The van der Waals surface area contributed by atoms with Crippen LogP contribution in [0, 0.1) is 13.8 Å². The molecule has 0 radical (unpaired) electrons. The number of carbonyl (C=O) groups is 1. The first-order valence-electron chi connectivity index (χ1n) is 8.23. The van der Waals surface area contributed by atoms with E-state index in [0.717, 1.165) is 28.4 Å². The van der Waals surface area contributed by atoms with E-state index < -0.39 is 0 Å². The summed E-state index contributed by atoms with van der Waals surface area (Å²) in [4.78, 5) is 12.6. The molecule has 0 unspecified atom stereocenters. The van der Waals surface area contributed by atoms with Gasteiger partial charge in [0.15, 0.2) is 0 Å². The molecule has 2 aromatic carbocycles. The van der Waals surface area contributed by atoms with Crippen LogP contribution in [-0.2, 0) is 13.7 Å². The third kappa shape index (κ3) is 4.06. The molecule has 0 bridgehead atoms. The average Bonchev–Trinajstić information content (AvgIpc) is 2.87. The highest BCUT2D eigenvalue weighted by Crippen LogP contribution is 2.20. The maximum absolute atomic E-state index is 12.6. The van der Waals surface area contributed by atoms with Crippen molar-refractivity contribution in [2.75, 3.05) is 5.32 Å². The summed E-state index contributed by atoms with van der Waals surface area (Å²) in [6.45, 7) is 4.17. The number of hydrogen-bond donors (Lipinski definition) is 1. The Morgan fingerprint density at radius 2 is 1.92 bits per heavy atom. The zero-order valence-corrected chi connectivity index (χ0v) is 15.7. The molecule has 6 heteroatoms. The van der Waals surface area contributed by atoms with Crippen LogP contribution in [0.15, 0.2) is 48.5 Å². The number of halogens is 1. The van der Waals surface area contributed by atoms with Gasteiger partial charge >= 0.3 is 0 Å². The molecule has 5 nitrogen and oxygen atoms in total. The number of aromatic nitrogens is 2. The summed E-state index contributed by atoms with van der Waals surface area (Å²) < 4.78 is 7.49. The number of nitrogens with zero attached hydrogens (tertiary/aromatic N) is 2. The third-order valence-electron chi connectivity index (χ3n) is 4.16. The number of ether oxygens (including phenoxy) is 1. The Morgan fingerprint density at radius 3 is 2.58 bits per heavy atom. The van der Waals surface area contributed by atoms with Gasteiger partial charge in [0.1, 0.15) is 12.4 Å². The molecule has 0 aliphatic heterocycles. The van der Waals surface area contributed by atoms with E-state index in [1.807, 2.05) is 51.2 Å². The summed E-state index contributed by atoms with van der Waals surface area (Å²) >= 11 is 5.87. The number of carbonyl (C=O) groups excluding carboxylic acids is 1. The molecule has 134 valence electrons. The summed E-state index contributed by atoms with van der Waals surface area (Å²) in [5.74, 6) is 0.559. The van der Waals surface area contributed by atoms with E-state index in [4.69, 9.17) is 16.3 Å². The van der Waals surface area contributed by atoms with Crippen molar-refractivity contribution in [1.82, 2.24) is 9.78 Å². The molecule has 0 aliphatic carbocycles. The number of hydrogen-bond acceptors (Lipinski definition) is 3. The first-order chi connectivity index (χ1) is 12.4. The van der Waals surface area contributed by atoms with E-state index >= 15 is 0 Å². The van der Waals surface area contributed by atoms with Crippen LogP contribution in [0.4, 0.5) is 5.69 Å². The summed E-state index contributed by atoms with van der Waals surface area (Å²) in [6, 6.07) is 14.6. The monoisotopic (exact) mass is 369 g/mol. The van der Waals surface area contributed by atoms with Crippen molar-refractivity contribution in [3.05, 3.63) is 76.1 Å². The van der Waals surface area contributed by atoms with E-state index in [-0.39, 0.29) is 5.91 Å². The van der Waals surface area contributed by atoms with Crippen LogP contribution < -0.4 is 10.1 Å². The van der Waals surface area contributed by atoms with E-state index in [0.29, 0.717) is 17.2 Å². The molecule has 1 aromatic heterocycles. The van der Waals surface area contributed by atoms with Crippen LogP contribution in [0.5, 0.6) is 5.75 Å². The molecule has 0 fully saturated rings. The van der Waals surface area contributed by atoms with Crippen molar-refractivity contribution in [3.8, 4) is 5.75 Å². The van der Waals surface area contributed by atoms with Crippen LogP contribution in [0.1, 0.15) is 27.3 Å². The van der Waals surface area contributed by atoms with Gasteiger partial charge in [0.05, 0.1) is 17.1 Å². The van der Waals surface area contributed by atoms with Gasteiger partial charge < -0.3 is 10.1 Å². The van der Waals surface area contributed by atoms with Crippen molar-refractivity contribution in [1.29, 1.82) is 0 Å². The lowest BCUT2D eigenvalue weighted by molar-refractivity contribution is 0.102. The van der Waals surface area contributed by atoms with E-state index in [1.54, 1.807) is 22.9 Å². The fourth-order valence-electron chi connectivity index (χ4n) is 2.64. The Balaban J connectivity index is 1.70. The average molecular weight is 370 g/mol. The SMILES string of the molecule is Cc1nn(C)c(C)c1NC(=O)c1cccc(COc2ccc(Cl)cc2)c1. The second-order valence-electron chi connectivity index (χ2n) is 6.07. The number of amides is 1. The van der Waals surface area contributed by atoms with Crippen molar-refractivity contribution in [2.45, 2.75) is 20.5 Å². The Bertz CT molecular complexity index is 933. The highest BCUT2D eigenvalue weighted by atomic mass is 35.5. The number of rotatable bonds is 5. The molecule has 0 saturated heterocycles. The largest absolute Gasteiger partial charge is 0.489 e. The first-order valence-corrected chi connectivity index (χ1v) is 8.60. The predicted molar refractivity (Wildman–Crippen MR) is 103 cm³/mol. The van der Waals surface area contributed by atoms with Crippen molar-refractivity contribution >= 4 is 23.2 Å². The first kappa shape index (κ1) is 18.0. The topological polar surface area (TPSA) is 56.2 Å². The Kier molecular flexibility index (Phi) is 5.28. The van der Waals surface area contributed by atoms with Gasteiger partial charge in [-0.3, -0.25) is 9.48 Å². The molecule has 3 aromatic rings. The standard InChI is InChI=1S/C20H20ClN3O2/c1-13-19(14(2)24(3)23-13)22-20(25)16-6-4-5-15(11-16)12-26-18-9-7-17(21)8-10-18/h4-11H,12H2,1-3H3,(H,22,25). The molecule has 0 aliphatic rings. The van der Waals surface area contributed by atoms with E-state index in [1.165, 1.54) is 0 Å². The van der Waals surface area contributed by atoms with Gasteiger partial charge in [0.25, 0.3) is 5.91 Å². The molecule has 0 saturated carbocycles. The third-order valence-corrected chi connectivity index (χ3v) is 4.41. The van der Waals surface area contributed by atoms with Crippen LogP contribution in [0.3, 0.4) is 0 Å². The number of aryl methyl sites for hydroxylation is 2. The van der Waals surface area contributed by atoms with Gasteiger partial charge in [-0.25, -0.2) is 0 Å². The molecule has 26 heavy (non-hydrogen) atoms. The summed E-state index contributed by atoms with van der Waals surface area (Å²) in [7, 11) is 1.85. The van der Waals surface area contributed by atoms with Gasteiger partial charge in [-0.2, -0.15) is 5.10 Å². The molecule has 1 N–H and O–H groups in total. The number of nitrogens with one attached hydrogen (secondary N) is 1. The quantitative estimate of drug-likeness (QED) is 0.719. The molecule has 1 heterocycles. The predicted octanol–water partition coefficient (Wildman–Crippen LogP) is 4.52. The lowest BCUT2D eigenvalue weighted by Crippen LogP contribution is -2.13. The Hall–Kier alpha value is -2.79. The van der Waals surface area contributed by atoms with Gasteiger partial charge in [-0.05, 0) is 55.8 Å². The highest BCUT2D eigenvalue weighted by molar-refractivity contribution is 6.30. The van der Waals surface area contributed by atoms with Gasteiger partial charge in [-0.1, -0.05) is 23.7 Å². The lowest BCUT2D eigenvalue weighted by Gasteiger charge is -2.09. The molecule has 0 spiro atoms. The van der Waals surface area contributed by atoms with Crippen molar-refractivity contribution in [3.63, 3.8) is 0 Å². The fraction of sp³-hybridized carbons (Fsp3) is 0.200.